The molecule has 0 unspecified atom stereocenters. The predicted molar refractivity (Wildman–Crippen MR) is 93.6 cm³/mol. The molecule has 1 heterocycles. The molecule has 122 valence electrons. The summed E-state index contributed by atoms with van der Waals surface area (Å²) in [5.74, 6) is -1.33. The number of aromatic hydroxyl groups is 1. The first kappa shape index (κ1) is 16.6. The highest BCUT2D eigenvalue weighted by Gasteiger charge is 2.39. The van der Waals surface area contributed by atoms with Gasteiger partial charge in [-0.05, 0) is 30.3 Å². The molecule has 5 nitrogen and oxygen atoms in total. The monoisotopic (exact) mass is 382 g/mol. The van der Waals surface area contributed by atoms with Gasteiger partial charge in [0.25, 0.3) is 11.8 Å². The molecule has 2 aromatic carbocycles. The fraction of sp³-hybridized carbons (Fsp3) is 0. The van der Waals surface area contributed by atoms with Gasteiger partial charge in [0.1, 0.15) is 16.5 Å². The molecule has 3 rings (SSSR count). The van der Waals surface area contributed by atoms with Gasteiger partial charge in [-0.1, -0.05) is 40.9 Å². The van der Waals surface area contributed by atoms with Crippen molar-refractivity contribution in [1.82, 2.24) is 0 Å². The number of amides is 2. The summed E-state index contributed by atoms with van der Waals surface area (Å²) < 4.78 is 0. The van der Waals surface area contributed by atoms with Crippen molar-refractivity contribution < 1.29 is 14.7 Å². The van der Waals surface area contributed by atoms with E-state index in [-0.39, 0.29) is 32.2 Å². The lowest BCUT2D eigenvalue weighted by Gasteiger charge is -2.15. The van der Waals surface area contributed by atoms with E-state index in [4.69, 9.17) is 34.8 Å². The molecule has 0 aromatic heterocycles. The minimum Gasteiger partial charge on any atom is -0.508 e. The van der Waals surface area contributed by atoms with Crippen LogP contribution in [0, 0.1) is 0 Å². The van der Waals surface area contributed by atoms with Crippen molar-refractivity contribution in [1.29, 1.82) is 0 Å². The van der Waals surface area contributed by atoms with Gasteiger partial charge in [-0.15, -0.1) is 0 Å². The Hall–Kier alpha value is -2.21. The third kappa shape index (κ3) is 3.06. The van der Waals surface area contributed by atoms with E-state index in [0.29, 0.717) is 5.69 Å². The maximum Gasteiger partial charge on any atom is 0.283 e. The first-order chi connectivity index (χ1) is 11.4. The Kier molecular flexibility index (Phi) is 4.41. The van der Waals surface area contributed by atoms with Crippen molar-refractivity contribution in [2.45, 2.75) is 0 Å². The van der Waals surface area contributed by atoms with Gasteiger partial charge in [-0.2, -0.15) is 0 Å². The molecule has 0 aliphatic carbocycles. The number of imide groups is 1. The van der Waals surface area contributed by atoms with Gasteiger partial charge in [-0.3, -0.25) is 9.59 Å². The Bertz CT molecular complexity index is 876. The topological polar surface area (TPSA) is 69.6 Å². The van der Waals surface area contributed by atoms with Crippen LogP contribution in [0.2, 0.25) is 10.0 Å². The second-order valence-electron chi connectivity index (χ2n) is 4.94. The van der Waals surface area contributed by atoms with E-state index in [1.54, 1.807) is 12.1 Å². The zero-order chi connectivity index (χ0) is 17.4. The molecule has 1 aliphatic heterocycles. The quantitative estimate of drug-likeness (QED) is 0.782. The second-order valence-corrected chi connectivity index (χ2v) is 6.19. The number of halogens is 3. The molecular weight excluding hydrogens is 375 g/mol. The lowest BCUT2D eigenvalue weighted by Crippen LogP contribution is -2.32. The summed E-state index contributed by atoms with van der Waals surface area (Å²) in [6, 6.07) is 10.4. The van der Waals surface area contributed by atoms with Gasteiger partial charge in [0.05, 0.1) is 5.69 Å². The van der Waals surface area contributed by atoms with Gasteiger partial charge in [-0.25, -0.2) is 4.90 Å². The van der Waals surface area contributed by atoms with Crippen LogP contribution in [-0.2, 0) is 9.59 Å². The van der Waals surface area contributed by atoms with Crippen LogP contribution in [0.1, 0.15) is 0 Å². The number of benzene rings is 2. The summed E-state index contributed by atoms with van der Waals surface area (Å²) >= 11 is 17.9. The minimum absolute atomic E-state index is 0.00646. The van der Waals surface area contributed by atoms with E-state index in [1.165, 1.54) is 30.3 Å². The summed E-state index contributed by atoms with van der Waals surface area (Å²) in [6.45, 7) is 0. The highest BCUT2D eigenvalue weighted by molar-refractivity contribution is 6.53. The highest BCUT2D eigenvalue weighted by atomic mass is 35.5. The summed E-state index contributed by atoms with van der Waals surface area (Å²) in [5, 5.41) is 12.5. The third-order valence-corrected chi connectivity index (χ3v) is 4.04. The molecule has 0 saturated heterocycles. The van der Waals surface area contributed by atoms with Crippen LogP contribution in [0.4, 0.5) is 11.4 Å². The summed E-state index contributed by atoms with van der Waals surface area (Å²) in [7, 11) is 0. The largest absolute Gasteiger partial charge is 0.508 e. The van der Waals surface area contributed by atoms with Crippen LogP contribution >= 0.6 is 34.8 Å². The number of hydrogen-bond acceptors (Lipinski definition) is 4. The number of phenolic OH excluding ortho intramolecular Hbond substituents is 1. The van der Waals surface area contributed by atoms with Crippen LogP contribution in [0.3, 0.4) is 0 Å². The van der Waals surface area contributed by atoms with Gasteiger partial charge < -0.3 is 10.4 Å². The average Bonchev–Trinajstić information content (AvgIpc) is 2.70. The van der Waals surface area contributed by atoms with E-state index in [9.17, 15) is 14.7 Å². The number of nitrogens with one attached hydrogen (secondary N) is 1. The first-order valence-corrected chi connectivity index (χ1v) is 7.81. The molecule has 8 heteroatoms. The van der Waals surface area contributed by atoms with Gasteiger partial charge in [0.15, 0.2) is 0 Å². The van der Waals surface area contributed by atoms with Gasteiger partial charge in [0, 0.05) is 21.8 Å². The van der Waals surface area contributed by atoms with E-state index < -0.39 is 11.8 Å². The molecule has 2 amide bonds. The number of carbonyl (C=O) groups is 2. The fourth-order valence-electron chi connectivity index (χ4n) is 2.24. The van der Waals surface area contributed by atoms with Crippen molar-refractivity contribution in [3.63, 3.8) is 0 Å². The van der Waals surface area contributed by atoms with E-state index in [0.717, 1.165) is 4.90 Å². The second kappa shape index (κ2) is 6.36. The van der Waals surface area contributed by atoms with E-state index in [2.05, 4.69) is 5.32 Å². The van der Waals surface area contributed by atoms with Gasteiger partial charge in [0.2, 0.25) is 0 Å². The lowest BCUT2D eigenvalue weighted by atomic mass is 10.2. The van der Waals surface area contributed by atoms with Crippen molar-refractivity contribution in [2.75, 3.05) is 10.2 Å². The first-order valence-electron chi connectivity index (χ1n) is 6.67. The van der Waals surface area contributed by atoms with Crippen LogP contribution in [0.25, 0.3) is 0 Å². The van der Waals surface area contributed by atoms with Crippen molar-refractivity contribution in [2.24, 2.45) is 0 Å². The molecule has 2 aromatic rings. The number of nitrogens with zero attached hydrogens (tertiary/aromatic N) is 1. The van der Waals surface area contributed by atoms with Crippen molar-refractivity contribution in [3.05, 3.63) is 63.2 Å². The number of carbonyl (C=O) groups excluding carboxylic acids is 2. The summed E-state index contributed by atoms with van der Waals surface area (Å²) in [6.07, 6.45) is 0. The zero-order valence-corrected chi connectivity index (χ0v) is 14.2. The Morgan fingerprint density at radius 2 is 1.58 bits per heavy atom. The van der Waals surface area contributed by atoms with Crippen LogP contribution in [0.5, 0.6) is 5.75 Å². The average molecular weight is 384 g/mol. The molecule has 0 saturated carbocycles. The summed E-state index contributed by atoms with van der Waals surface area (Å²) in [4.78, 5) is 25.8. The smallest absolute Gasteiger partial charge is 0.283 e. The SMILES string of the molecule is O=C1C(Cl)=C(Nc2cccc(O)c2)C(=O)N1c1cc(Cl)cc(Cl)c1. The standard InChI is InChI=1S/C16H9Cl3N2O3/c17-8-4-9(18)6-11(5-8)21-15(23)13(19)14(16(21)24)20-10-2-1-3-12(22)7-10/h1-7,20,22H. The molecule has 1 aliphatic rings. The molecule has 0 fully saturated rings. The van der Waals surface area contributed by atoms with Gasteiger partial charge >= 0.3 is 0 Å². The molecular formula is C16H9Cl3N2O3. The number of hydrogen-bond donors (Lipinski definition) is 2. The zero-order valence-electron chi connectivity index (χ0n) is 11.9. The number of rotatable bonds is 3. The molecule has 0 atom stereocenters. The maximum atomic E-state index is 12.6. The van der Waals surface area contributed by atoms with E-state index in [1.807, 2.05) is 0 Å². The Morgan fingerprint density at radius 3 is 2.21 bits per heavy atom. The van der Waals surface area contributed by atoms with Crippen molar-refractivity contribution >= 4 is 58.0 Å². The van der Waals surface area contributed by atoms with E-state index >= 15 is 0 Å². The number of anilines is 2. The van der Waals surface area contributed by atoms with Crippen LogP contribution < -0.4 is 10.2 Å². The lowest BCUT2D eigenvalue weighted by molar-refractivity contribution is -0.120. The Labute approximate surface area is 152 Å². The van der Waals surface area contributed by atoms with Crippen LogP contribution in [0.15, 0.2) is 53.2 Å². The fourth-order valence-corrected chi connectivity index (χ4v) is 2.97. The Morgan fingerprint density at radius 1 is 0.917 bits per heavy atom. The molecule has 0 spiro atoms. The minimum atomic E-state index is -0.692. The maximum absolute atomic E-state index is 12.6. The predicted octanol–water partition coefficient (Wildman–Crippen LogP) is 4.13. The number of phenols is 1. The van der Waals surface area contributed by atoms with Crippen molar-refractivity contribution in [3.8, 4) is 5.75 Å². The Balaban J connectivity index is 1.95. The summed E-state index contributed by atoms with van der Waals surface area (Å²) in [5.41, 5.74) is 0.534. The molecule has 0 radical (unpaired) electrons. The molecule has 24 heavy (non-hydrogen) atoms. The third-order valence-electron chi connectivity index (χ3n) is 3.25. The van der Waals surface area contributed by atoms with Crippen LogP contribution in [-0.4, -0.2) is 16.9 Å². The highest BCUT2D eigenvalue weighted by Crippen LogP contribution is 2.33. The molecule has 2 N–H and O–H groups in total. The normalized spacial score (nSPS) is 14.5. The molecule has 0 bridgehead atoms.